The van der Waals surface area contributed by atoms with E-state index in [1.165, 1.54) is 0 Å². The van der Waals surface area contributed by atoms with Crippen LogP contribution in [0, 0.1) is 0 Å². The number of nitrogens with two attached hydrogens (primary N) is 1. The van der Waals surface area contributed by atoms with Gasteiger partial charge in [-0.05, 0) is 23.3 Å². The number of benzene rings is 2. The summed E-state index contributed by atoms with van der Waals surface area (Å²) in [6, 6.07) is 17.3. The van der Waals surface area contributed by atoms with Crippen molar-refractivity contribution in [3.05, 3.63) is 65.7 Å². The lowest BCUT2D eigenvalue weighted by Gasteiger charge is -2.10. The Bertz CT molecular complexity index is 468. The van der Waals surface area contributed by atoms with Crippen molar-refractivity contribution in [3.63, 3.8) is 0 Å². The number of aliphatic hydroxyl groups is 1. The van der Waals surface area contributed by atoms with Crippen LogP contribution < -0.4 is 10.5 Å². The Kier molecular flexibility index (Phi) is 4.34. The first-order valence-electron chi connectivity index (χ1n) is 5.94. The van der Waals surface area contributed by atoms with Crippen LogP contribution >= 0.6 is 0 Å². The number of hydrogen-bond acceptors (Lipinski definition) is 3. The zero-order chi connectivity index (χ0) is 12.8. The van der Waals surface area contributed by atoms with Crippen LogP contribution in [0.15, 0.2) is 54.6 Å². The van der Waals surface area contributed by atoms with Crippen molar-refractivity contribution in [2.24, 2.45) is 5.73 Å². The van der Waals surface area contributed by atoms with Crippen molar-refractivity contribution in [1.29, 1.82) is 0 Å². The second-order valence-electron chi connectivity index (χ2n) is 4.09. The van der Waals surface area contributed by atoms with Gasteiger partial charge in [0.1, 0.15) is 12.4 Å². The van der Waals surface area contributed by atoms with Crippen LogP contribution in [0.25, 0.3) is 0 Å². The fraction of sp³-hybridized carbons (Fsp3) is 0.200. The lowest BCUT2D eigenvalue weighted by atomic mass is 10.1. The van der Waals surface area contributed by atoms with E-state index >= 15 is 0 Å². The van der Waals surface area contributed by atoms with Gasteiger partial charge in [0.2, 0.25) is 0 Å². The maximum Gasteiger partial charge on any atom is 0.119 e. The second kappa shape index (κ2) is 6.19. The average Bonchev–Trinajstić information content (AvgIpc) is 2.46. The monoisotopic (exact) mass is 243 g/mol. The molecule has 0 aliphatic heterocycles. The standard InChI is InChI=1S/C15H17NO2/c16-10-15(17)13-6-8-14(9-7-13)18-11-12-4-2-1-3-5-12/h1-9,15,17H,10-11,16H2/t15-/m0/s1. The van der Waals surface area contributed by atoms with Gasteiger partial charge in [-0.2, -0.15) is 0 Å². The summed E-state index contributed by atoms with van der Waals surface area (Å²) in [5.41, 5.74) is 7.33. The molecule has 0 fully saturated rings. The minimum atomic E-state index is -0.604. The van der Waals surface area contributed by atoms with Crippen LogP contribution in [0.4, 0.5) is 0 Å². The van der Waals surface area contributed by atoms with E-state index in [1.54, 1.807) is 0 Å². The van der Waals surface area contributed by atoms with Gasteiger partial charge in [-0.3, -0.25) is 0 Å². The molecule has 0 unspecified atom stereocenters. The van der Waals surface area contributed by atoms with Crippen molar-refractivity contribution >= 4 is 0 Å². The largest absolute Gasteiger partial charge is 0.489 e. The summed E-state index contributed by atoms with van der Waals surface area (Å²) in [5, 5.41) is 9.56. The lowest BCUT2D eigenvalue weighted by Crippen LogP contribution is -2.11. The van der Waals surface area contributed by atoms with E-state index in [0.717, 1.165) is 16.9 Å². The number of aliphatic hydroxyl groups excluding tert-OH is 1. The summed E-state index contributed by atoms with van der Waals surface area (Å²) in [6.45, 7) is 0.768. The van der Waals surface area contributed by atoms with E-state index in [1.807, 2.05) is 54.6 Å². The highest BCUT2D eigenvalue weighted by Gasteiger charge is 2.04. The molecule has 0 saturated carbocycles. The zero-order valence-electron chi connectivity index (χ0n) is 10.1. The highest BCUT2D eigenvalue weighted by Crippen LogP contribution is 2.18. The molecule has 18 heavy (non-hydrogen) atoms. The Morgan fingerprint density at radius 2 is 1.67 bits per heavy atom. The van der Waals surface area contributed by atoms with Crippen molar-refractivity contribution < 1.29 is 9.84 Å². The zero-order valence-corrected chi connectivity index (χ0v) is 10.1. The maximum atomic E-state index is 9.56. The SMILES string of the molecule is NC[C@H](O)c1ccc(OCc2ccccc2)cc1. The molecule has 0 aromatic heterocycles. The Labute approximate surface area is 107 Å². The van der Waals surface area contributed by atoms with Crippen LogP contribution in [0.5, 0.6) is 5.75 Å². The minimum Gasteiger partial charge on any atom is -0.489 e. The average molecular weight is 243 g/mol. The van der Waals surface area contributed by atoms with Gasteiger partial charge in [0.15, 0.2) is 0 Å². The van der Waals surface area contributed by atoms with Gasteiger partial charge in [-0.25, -0.2) is 0 Å². The molecule has 0 heterocycles. The van der Waals surface area contributed by atoms with Crippen LogP contribution in [0.2, 0.25) is 0 Å². The van der Waals surface area contributed by atoms with E-state index in [2.05, 4.69) is 0 Å². The second-order valence-corrected chi connectivity index (χ2v) is 4.09. The smallest absolute Gasteiger partial charge is 0.119 e. The molecule has 94 valence electrons. The molecular formula is C15H17NO2. The first kappa shape index (κ1) is 12.6. The predicted molar refractivity (Wildman–Crippen MR) is 71.2 cm³/mol. The van der Waals surface area contributed by atoms with Gasteiger partial charge >= 0.3 is 0 Å². The van der Waals surface area contributed by atoms with Crippen LogP contribution in [0.1, 0.15) is 17.2 Å². The minimum absolute atomic E-state index is 0.226. The van der Waals surface area contributed by atoms with Gasteiger partial charge in [0, 0.05) is 6.54 Å². The Morgan fingerprint density at radius 3 is 2.28 bits per heavy atom. The predicted octanol–water partition coefficient (Wildman–Crippen LogP) is 2.26. The Morgan fingerprint density at radius 1 is 1.00 bits per heavy atom. The van der Waals surface area contributed by atoms with Gasteiger partial charge < -0.3 is 15.6 Å². The highest BCUT2D eigenvalue weighted by molar-refractivity contribution is 5.29. The molecule has 0 saturated heterocycles. The molecular weight excluding hydrogens is 226 g/mol. The number of rotatable bonds is 5. The number of hydrogen-bond donors (Lipinski definition) is 2. The molecule has 3 heteroatoms. The molecule has 0 aliphatic rings. The summed E-state index contributed by atoms with van der Waals surface area (Å²) < 4.78 is 5.65. The van der Waals surface area contributed by atoms with E-state index in [9.17, 15) is 5.11 Å². The van der Waals surface area contributed by atoms with E-state index in [0.29, 0.717) is 6.61 Å². The van der Waals surface area contributed by atoms with E-state index in [-0.39, 0.29) is 6.54 Å². The van der Waals surface area contributed by atoms with E-state index < -0.39 is 6.10 Å². The fourth-order valence-corrected chi connectivity index (χ4v) is 1.66. The Balaban J connectivity index is 1.94. The third-order valence-electron chi connectivity index (χ3n) is 2.74. The van der Waals surface area contributed by atoms with E-state index in [4.69, 9.17) is 10.5 Å². The summed E-state index contributed by atoms with van der Waals surface area (Å²) in [5.74, 6) is 0.784. The van der Waals surface area contributed by atoms with Crippen LogP contribution in [-0.2, 0) is 6.61 Å². The topological polar surface area (TPSA) is 55.5 Å². The molecule has 2 aromatic rings. The van der Waals surface area contributed by atoms with Crippen molar-refractivity contribution in [1.82, 2.24) is 0 Å². The third-order valence-corrected chi connectivity index (χ3v) is 2.74. The molecule has 0 amide bonds. The quantitative estimate of drug-likeness (QED) is 0.847. The van der Waals surface area contributed by atoms with Gasteiger partial charge in [0.25, 0.3) is 0 Å². The summed E-state index contributed by atoms with van der Waals surface area (Å²) in [6.07, 6.45) is -0.604. The molecule has 0 radical (unpaired) electrons. The first-order valence-corrected chi connectivity index (χ1v) is 5.94. The van der Waals surface area contributed by atoms with Crippen LogP contribution in [0.3, 0.4) is 0 Å². The van der Waals surface area contributed by atoms with Gasteiger partial charge in [0.05, 0.1) is 6.10 Å². The molecule has 0 spiro atoms. The molecule has 3 N–H and O–H groups in total. The van der Waals surface area contributed by atoms with Crippen molar-refractivity contribution in [2.75, 3.05) is 6.54 Å². The molecule has 2 aromatic carbocycles. The fourth-order valence-electron chi connectivity index (χ4n) is 1.66. The molecule has 0 bridgehead atoms. The Hall–Kier alpha value is -1.84. The highest BCUT2D eigenvalue weighted by atomic mass is 16.5. The third kappa shape index (κ3) is 3.32. The summed E-state index contributed by atoms with van der Waals surface area (Å²) in [7, 11) is 0. The molecule has 1 atom stereocenters. The van der Waals surface area contributed by atoms with Crippen molar-refractivity contribution in [2.45, 2.75) is 12.7 Å². The van der Waals surface area contributed by atoms with Gasteiger partial charge in [-0.1, -0.05) is 42.5 Å². The molecule has 0 aliphatic carbocycles. The molecule has 2 rings (SSSR count). The summed E-state index contributed by atoms with van der Waals surface area (Å²) >= 11 is 0. The maximum absolute atomic E-state index is 9.56. The molecule has 3 nitrogen and oxygen atoms in total. The normalized spacial score (nSPS) is 12.1. The summed E-state index contributed by atoms with van der Waals surface area (Å²) in [4.78, 5) is 0. The number of ether oxygens (including phenoxy) is 1. The lowest BCUT2D eigenvalue weighted by molar-refractivity contribution is 0.186. The first-order chi connectivity index (χ1) is 8.79. The van der Waals surface area contributed by atoms with Crippen molar-refractivity contribution in [3.8, 4) is 5.75 Å². The van der Waals surface area contributed by atoms with Crippen LogP contribution in [-0.4, -0.2) is 11.7 Å². The van der Waals surface area contributed by atoms with Gasteiger partial charge in [-0.15, -0.1) is 0 Å².